The number of hydrogen-bond donors (Lipinski definition) is 1. The average Bonchev–Trinajstić information content (AvgIpc) is 2.25. The van der Waals surface area contributed by atoms with Crippen LogP contribution >= 0.6 is 11.8 Å². The van der Waals surface area contributed by atoms with Gasteiger partial charge in [0, 0.05) is 4.90 Å². The van der Waals surface area contributed by atoms with Crippen molar-refractivity contribution in [3.05, 3.63) is 29.3 Å². The molecule has 0 saturated heterocycles. The van der Waals surface area contributed by atoms with Crippen molar-refractivity contribution in [3.8, 4) is 0 Å². The smallest absolute Gasteiger partial charge is 0.295 e. The molecule has 0 fully saturated rings. The van der Waals surface area contributed by atoms with E-state index in [1.807, 2.05) is 12.3 Å². The second kappa shape index (κ2) is 4.89. The standard InChI is InChI=1S/C12H16O3S/c1-12(2,3)9-7-5-6-8(10(9)16-4)11(13)15-14/h5-7,14H,1-4H3. The Morgan fingerprint density at radius 3 is 2.44 bits per heavy atom. The molecule has 0 spiro atoms. The number of rotatable bonds is 2. The zero-order chi connectivity index (χ0) is 12.3. The predicted octanol–water partition coefficient (Wildman–Crippen LogP) is 3.34. The highest BCUT2D eigenvalue weighted by Crippen LogP contribution is 2.34. The number of carbonyl (C=O) groups excluding carboxylic acids is 1. The van der Waals surface area contributed by atoms with Gasteiger partial charge in [0.25, 0.3) is 0 Å². The molecule has 0 heterocycles. The molecule has 0 aliphatic rings. The number of carbonyl (C=O) groups is 1. The van der Waals surface area contributed by atoms with Gasteiger partial charge in [0.05, 0.1) is 5.56 Å². The van der Waals surface area contributed by atoms with E-state index in [9.17, 15) is 4.79 Å². The van der Waals surface area contributed by atoms with Crippen LogP contribution in [0.4, 0.5) is 0 Å². The summed E-state index contributed by atoms with van der Waals surface area (Å²) in [5.74, 6) is -0.713. The van der Waals surface area contributed by atoms with Crippen molar-refractivity contribution in [1.29, 1.82) is 0 Å². The number of thioether (sulfide) groups is 1. The van der Waals surface area contributed by atoms with E-state index in [0.717, 1.165) is 10.5 Å². The van der Waals surface area contributed by atoms with Gasteiger partial charge in [0.15, 0.2) is 0 Å². The lowest BCUT2D eigenvalue weighted by molar-refractivity contribution is -0.183. The van der Waals surface area contributed by atoms with Crippen molar-refractivity contribution in [2.45, 2.75) is 31.1 Å². The predicted molar refractivity (Wildman–Crippen MR) is 65.0 cm³/mol. The molecule has 4 heteroatoms. The molecule has 0 radical (unpaired) electrons. The van der Waals surface area contributed by atoms with Gasteiger partial charge in [-0.3, -0.25) is 4.89 Å². The van der Waals surface area contributed by atoms with Crippen molar-refractivity contribution in [3.63, 3.8) is 0 Å². The van der Waals surface area contributed by atoms with E-state index in [-0.39, 0.29) is 5.41 Å². The third-order valence-electron chi connectivity index (χ3n) is 2.33. The first kappa shape index (κ1) is 13.1. The first-order chi connectivity index (χ1) is 7.41. The highest BCUT2D eigenvalue weighted by molar-refractivity contribution is 7.98. The molecule has 1 aromatic rings. The first-order valence-electron chi connectivity index (χ1n) is 4.95. The second-order valence-electron chi connectivity index (χ2n) is 4.52. The Bertz CT molecular complexity index is 394. The number of benzene rings is 1. The van der Waals surface area contributed by atoms with E-state index < -0.39 is 5.97 Å². The molecule has 1 rings (SSSR count). The molecule has 1 aromatic carbocycles. The molecule has 0 saturated carbocycles. The van der Waals surface area contributed by atoms with Crippen LogP contribution in [0.1, 0.15) is 36.7 Å². The average molecular weight is 240 g/mol. The molecule has 0 aliphatic carbocycles. The van der Waals surface area contributed by atoms with Crippen LogP contribution < -0.4 is 0 Å². The lowest BCUT2D eigenvalue weighted by Gasteiger charge is -2.23. The SMILES string of the molecule is CSc1c(C(=O)OO)cccc1C(C)(C)C. The van der Waals surface area contributed by atoms with Gasteiger partial charge >= 0.3 is 5.97 Å². The Morgan fingerprint density at radius 2 is 2.00 bits per heavy atom. The fraction of sp³-hybridized carbons (Fsp3) is 0.417. The van der Waals surface area contributed by atoms with Crippen LogP contribution in [0, 0.1) is 0 Å². The van der Waals surface area contributed by atoms with Crippen LogP contribution in [0.15, 0.2) is 23.1 Å². The molecule has 0 atom stereocenters. The Hall–Kier alpha value is -1.00. The Morgan fingerprint density at radius 1 is 1.38 bits per heavy atom. The largest absolute Gasteiger partial charge is 0.373 e. The zero-order valence-electron chi connectivity index (χ0n) is 9.90. The van der Waals surface area contributed by atoms with Crippen LogP contribution in [0.3, 0.4) is 0 Å². The summed E-state index contributed by atoms with van der Waals surface area (Å²) in [4.78, 5) is 16.0. The third-order valence-corrected chi connectivity index (χ3v) is 3.18. The maximum absolute atomic E-state index is 11.4. The molecule has 3 nitrogen and oxygen atoms in total. The normalized spacial score (nSPS) is 11.3. The van der Waals surface area contributed by atoms with Crippen LogP contribution in [-0.4, -0.2) is 17.5 Å². The minimum atomic E-state index is -0.713. The minimum Gasteiger partial charge on any atom is -0.295 e. The van der Waals surface area contributed by atoms with Crippen LogP contribution in [0.25, 0.3) is 0 Å². The minimum absolute atomic E-state index is 0.0515. The molecule has 0 bridgehead atoms. The van der Waals surface area contributed by atoms with Gasteiger partial charge in [-0.1, -0.05) is 32.9 Å². The van der Waals surface area contributed by atoms with Crippen LogP contribution in [-0.2, 0) is 10.3 Å². The van der Waals surface area contributed by atoms with E-state index in [0.29, 0.717) is 5.56 Å². The summed E-state index contributed by atoms with van der Waals surface area (Å²) in [6.45, 7) is 6.24. The van der Waals surface area contributed by atoms with Crippen molar-refractivity contribution in [2.75, 3.05) is 6.26 Å². The van der Waals surface area contributed by atoms with Gasteiger partial charge in [-0.2, -0.15) is 5.26 Å². The summed E-state index contributed by atoms with van der Waals surface area (Å²) in [6.07, 6.45) is 1.90. The fourth-order valence-electron chi connectivity index (χ4n) is 1.56. The van der Waals surface area contributed by atoms with E-state index in [4.69, 9.17) is 5.26 Å². The van der Waals surface area contributed by atoms with Crippen molar-refractivity contribution >= 4 is 17.7 Å². The molecule has 0 aliphatic heterocycles. The van der Waals surface area contributed by atoms with Gasteiger partial charge in [0.1, 0.15) is 0 Å². The molecule has 16 heavy (non-hydrogen) atoms. The van der Waals surface area contributed by atoms with E-state index >= 15 is 0 Å². The summed E-state index contributed by atoms with van der Waals surface area (Å²) in [7, 11) is 0. The molecule has 0 aromatic heterocycles. The Kier molecular flexibility index (Phi) is 3.99. The second-order valence-corrected chi connectivity index (χ2v) is 5.33. The fourth-order valence-corrected chi connectivity index (χ4v) is 2.52. The highest BCUT2D eigenvalue weighted by Gasteiger charge is 2.22. The topological polar surface area (TPSA) is 46.5 Å². The van der Waals surface area contributed by atoms with Crippen LogP contribution in [0.5, 0.6) is 0 Å². The molecule has 0 unspecified atom stereocenters. The van der Waals surface area contributed by atoms with Gasteiger partial charge in [0.2, 0.25) is 0 Å². The number of hydrogen-bond acceptors (Lipinski definition) is 4. The van der Waals surface area contributed by atoms with Crippen molar-refractivity contribution in [2.24, 2.45) is 0 Å². The van der Waals surface area contributed by atoms with E-state index in [1.54, 1.807) is 12.1 Å². The summed E-state index contributed by atoms with van der Waals surface area (Å²) >= 11 is 1.48. The van der Waals surface area contributed by atoms with Gasteiger partial charge in [-0.15, -0.1) is 11.8 Å². The maximum Gasteiger partial charge on any atom is 0.373 e. The molecule has 0 amide bonds. The van der Waals surface area contributed by atoms with Crippen LogP contribution in [0.2, 0.25) is 0 Å². The van der Waals surface area contributed by atoms with Gasteiger partial charge < -0.3 is 0 Å². The Balaban J connectivity index is 3.38. The van der Waals surface area contributed by atoms with Gasteiger partial charge in [-0.05, 0) is 23.3 Å². The molecular weight excluding hydrogens is 224 g/mol. The summed E-state index contributed by atoms with van der Waals surface area (Å²) in [6, 6.07) is 5.44. The highest BCUT2D eigenvalue weighted by atomic mass is 32.2. The summed E-state index contributed by atoms with van der Waals surface area (Å²) < 4.78 is 0. The van der Waals surface area contributed by atoms with E-state index in [1.165, 1.54) is 11.8 Å². The molecule has 88 valence electrons. The van der Waals surface area contributed by atoms with E-state index in [2.05, 4.69) is 25.7 Å². The van der Waals surface area contributed by atoms with Crippen molar-refractivity contribution < 1.29 is 14.9 Å². The summed E-state index contributed by atoms with van der Waals surface area (Å²) in [5, 5.41) is 8.44. The lowest BCUT2D eigenvalue weighted by atomic mass is 9.86. The third kappa shape index (κ3) is 2.57. The van der Waals surface area contributed by atoms with Gasteiger partial charge in [-0.25, -0.2) is 4.79 Å². The zero-order valence-corrected chi connectivity index (χ0v) is 10.7. The van der Waals surface area contributed by atoms with Crippen molar-refractivity contribution in [1.82, 2.24) is 0 Å². The first-order valence-corrected chi connectivity index (χ1v) is 6.17. The summed E-state index contributed by atoms with van der Waals surface area (Å²) in [5.41, 5.74) is 1.43. The maximum atomic E-state index is 11.4. The molecular formula is C12H16O3S. The Labute approximate surface area is 99.7 Å². The lowest BCUT2D eigenvalue weighted by Crippen LogP contribution is -2.15. The monoisotopic (exact) mass is 240 g/mol. The molecule has 1 N–H and O–H groups in total. The quantitative estimate of drug-likeness (QED) is 0.489.